The number of nitrogens with zero attached hydrogens (tertiary/aromatic N) is 2. The Morgan fingerprint density at radius 3 is 2.50 bits per heavy atom. The molecule has 0 aliphatic heterocycles. The molecule has 3 N–H and O–H groups in total. The molecule has 0 spiro atoms. The molecule has 1 heterocycles. The third kappa shape index (κ3) is 3.06. The van der Waals surface area contributed by atoms with Crippen LogP contribution >= 0.6 is 0 Å². The number of primary amides is 1. The van der Waals surface area contributed by atoms with Crippen molar-refractivity contribution in [2.24, 2.45) is 5.73 Å². The van der Waals surface area contributed by atoms with E-state index in [1.165, 1.54) is 0 Å². The first-order valence-electron chi connectivity index (χ1n) is 5.48. The van der Waals surface area contributed by atoms with Crippen LogP contribution in [0.4, 0.5) is 0 Å². The molecule has 2 unspecified atom stereocenters. The van der Waals surface area contributed by atoms with Crippen LogP contribution in [-0.2, 0) is 4.79 Å². The van der Waals surface area contributed by atoms with Gasteiger partial charge in [0.15, 0.2) is 0 Å². The van der Waals surface area contributed by atoms with E-state index in [0.29, 0.717) is 0 Å². The van der Waals surface area contributed by atoms with E-state index in [1.807, 2.05) is 33.9 Å². The van der Waals surface area contributed by atoms with Crippen LogP contribution in [0.2, 0.25) is 0 Å². The number of amides is 1. The quantitative estimate of drug-likeness (QED) is 0.769. The lowest BCUT2D eigenvalue weighted by atomic mass is 10.1. The molecule has 0 saturated heterocycles. The van der Waals surface area contributed by atoms with Gasteiger partial charge in [-0.1, -0.05) is 13.8 Å². The molecular weight excluding hydrogens is 204 g/mol. The summed E-state index contributed by atoms with van der Waals surface area (Å²) in [6.45, 7) is 7.86. The summed E-state index contributed by atoms with van der Waals surface area (Å²) in [6, 6.07) is -0.287. The van der Waals surface area contributed by atoms with E-state index in [4.69, 9.17) is 5.73 Å². The van der Waals surface area contributed by atoms with Crippen molar-refractivity contribution >= 4 is 5.91 Å². The maximum Gasteiger partial charge on any atom is 0.236 e. The molecule has 1 aromatic heterocycles. The lowest BCUT2D eigenvalue weighted by Gasteiger charge is -2.24. The Bertz CT molecular complexity index is 359. The van der Waals surface area contributed by atoms with E-state index >= 15 is 0 Å². The molecule has 0 aromatic carbocycles. The first kappa shape index (κ1) is 12.7. The van der Waals surface area contributed by atoms with E-state index < -0.39 is 6.04 Å². The van der Waals surface area contributed by atoms with Crippen molar-refractivity contribution in [3.63, 3.8) is 0 Å². The van der Waals surface area contributed by atoms with Gasteiger partial charge >= 0.3 is 0 Å². The monoisotopic (exact) mass is 224 g/mol. The van der Waals surface area contributed by atoms with E-state index in [-0.39, 0.29) is 18.0 Å². The SMILES string of the molecule is Cc1cnn(C(C)C(NC(C)C)C(N)=O)c1. The van der Waals surface area contributed by atoms with Crippen molar-refractivity contribution in [2.45, 2.75) is 45.8 Å². The van der Waals surface area contributed by atoms with Gasteiger partial charge in [-0.05, 0) is 19.4 Å². The predicted molar refractivity (Wildman–Crippen MR) is 62.9 cm³/mol. The van der Waals surface area contributed by atoms with Crippen LogP contribution in [-0.4, -0.2) is 27.8 Å². The normalized spacial score (nSPS) is 15.1. The lowest BCUT2D eigenvalue weighted by Crippen LogP contribution is -2.49. The summed E-state index contributed by atoms with van der Waals surface area (Å²) in [5, 5.41) is 7.35. The number of hydrogen-bond acceptors (Lipinski definition) is 3. The number of nitrogens with two attached hydrogens (primary N) is 1. The summed E-state index contributed by atoms with van der Waals surface area (Å²) >= 11 is 0. The highest BCUT2D eigenvalue weighted by molar-refractivity contribution is 5.80. The van der Waals surface area contributed by atoms with Gasteiger partial charge in [0.25, 0.3) is 0 Å². The van der Waals surface area contributed by atoms with Crippen molar-refractivity contribution in [3.05, 3.63) is 18.0 Å². The number of aromatic nitrogens is 2. The maximum atomic E-state index is 11.4. The Morgan fingerprint density at radius 1 is 1.50 bits per heavy atom. The molecule has 1 aromatic rings. The highest BCUT2D eigenvalue weighted by Crippen LogP contribution is 2.11. The first-order valence-corrected chi connectivity index (χ1v) is 5.48. The first-order chi connectivity index (χ1) is 7.41. The van der Waals surface area contributed by atoms with Gasteiger partial charge in [0.1, 0.15) is 6.04 Å². The van der Waals surface area contributed by atoms with Gasteiger partial charge < -0.3 is 11.1 Å². The van der Waals surface area contributed by atoms with Crippen LogP contribution in [0.3, 0.4) is 0 Å². The Labute approximate surface area is 96.0 Å². The summed E-state index contributed by atoms with van der Waals surface area (Å²) in [4.78, 5) is 11.4. The Hall–Kier alpha value is -1.36. The van der Waals surface area contributed by atoms with Crippen molar-refractivity contribution in [2.75, 3.05) is 0 Å². The smallest absolute Gasteiger partial charge is 0.236 e. The van der Waals surface area contributed by atoms with Crippen molar-refractivity contribution in [3.8, 4) is 0 Å². The summed E-state index contributed by atoms with van der Waals surface area (Å²) in [5.74, 6) is -0.352. The summed E-state index contributed by atoms with van der Waals surface area (Å²) in [6.07, 6.45) is 3.67. The second-order valence-corrected chi connectivity index (χ2v) is 4.44. The minimum atomic E-state index is -0.403. The van der Waals surface area contributed by atoms with Crippen LogP contribution in [0.1, 0.15) is 32.4 Å². The summed E-state index contributed by atoms with van der Waals surface area (Å²) in [7, 11) is 0. The summed E-state index contributed by atoms with van der Waals surface area (Å²) < 4.78 is 1.76. The second-order valence-electron chi connectivity index (χ2n) is 4.44. The maximum absolute atomic E-state index is 11.4. The molecule has 0 radical (unpaired) electrons. The lowest BCUT2D eigenvalue weighted by molar-refractivity contribution is -0.121. The molecule has 0 saturated carbocycles. The fourth-order valence-corrected chi connectivity index (χ4v) is 1.63. The van der Waals surface area contributed by atoms with Crippen molar-refractivity contribution < 1.29 is 4.79 Å². The van der Waals surface area contributed by atoms with Gasteiger partial charge in [-0.15, -0.1) is 0 Å². The summed E-state index contributed by atoms with van der Waals surface area (Å²) in [5.41, 5.74) is 6.46. The topological polar surface area (TPSA) is 72.9 Å². The van der Waals surface area contributed by atoms with Gasteiger partial charge in [0.05, 0.1) is 12.2 Å². The fourth-order valence-electron chi connectivity index (χ4n) is 1.63. The minimum absolute atomic E-state index is 0.0893. The molecule has 5 heteroatoms. The van der Waals surface area contributed by atoms with Gasteiger partial charge in [-0.3, -0.25) is 9.48 Å². The zero-order valence-corrected chi connectivity index (χ0v) is 10.3. The van der Waals surface area contributed by atoms with E-state index in [0.717, 1.165) is 5.56 Å². The second kappa shape index (κ2) is 5.12. The van der Waals surface area contributed by atoms with Crippen LogP contribution in [0, 0.1) is 6.92 Å². The van der Waals surface area contributed by atoms with Crippen molar-refractivity contribution in [1.29, 1.82) is 0 Å². The fraction of sp³-hybridized carbons (Fsp3) is 0.636. The van der Waals surface area contributed by atoms with Crippen molar-refractivity contribution in [1.82, 2.24) is 15.1 Å². The highest BCUT2D eigenvalue weighted by Gasteiger charge is 2.25. The number of aryl methyl sites for hydroxylation is 1. The molecule has 2 atom stereocenters. The molecule has 16 heavy (non-hydrogen) atoms. The molecule has 1 rings (SSSR count). The zero-order valence-electron chi connectivity index (χ0n) is 10.3. The van der Waals surface area contributed by atoms with Crippen LogP contribution < -0.4 is 11.1 Å². The average molecular weight is 224 g/mol. The van der Waals surface area contributed by atoms with Gasteiger partial charge in [0, 0.05) is 12.2 Å². The molecule has 0 fully saturated rings. The Balaban J connectivity index is 2.82. The van der Waals surface area contributed by atoms with Gasteiger partial charge in [-0.25, -0.2) is 0 Å². The van der Waals surface area contributed by atoms with E-state index in [9.17, 15) is 4.79 Å². The molecular formula is C11H20N4O. The molecule has 0 aliphatic rings. The molecule has 0 bridgehead atoms. The van der Waals surface area contributed by atoms with Crippen LogP contribution in [0.5, 0.6) is 0 Å². The third-order valence-electron chi connectivity index (χ3n) is 2.45. The van der Waals surface area contributed by atoms with Gasteiger partial charge in [-0.2, -0.15) is 5.10 Å². The van der Waals surface area contributed by atoms with Crippen LogP contribution in [0.25, 0.3) is 0 Å². The number of rotatable bonds is 5. The largest absolute Gasteiger partial charge is 0.368 e. The molecule has 90 valence electrons. The number of nitrogens with one attached hydrogen (secondary N) is 1. The predicted octanol–water partition coefficient (Wildman–Crippen LogP) is 0.604. The number of carbonyl (C=O) groups excluding carboxylic acids is 1. The molecule has 1 amide bonds. The van der Waals surface area contributed by atoms with E-state index in [2.05, 4.69) is 10.4 Å². The van der Waals surface area contributed by atoms with Crippen LogP contribution in [0.15, 0.2) is 12.4 Å². The number of hydrogen-bond donors (Lipinski definition) is 2. The number of carbonyl (C=O) groups is 1. The standard InChI is InChI=1S/C11H20N4O/c1-7(2)14-10(11(12)16)9(4)15-6-8(3)5-13-15/h5-7,9-10,14H,1-4H3,(H2,12,16). The zero-order chi connectivity index (χ0) is 12.3. The molecule has 5 nitrogen and oxygen atoms in total. The Morgan fingerprint density at radius 2 is 2.12 bits per heavy atom. The van der Waals surface area contributed by atoms with Gasteiger partial charge in [0.2, 0.25) is 5.91 Å². The Kier molecular flexibility index (Phi) is 4.06. The minimum Gasteiger partial charge on any atom is -0.368 e. The average Bonchev–Trinajstić information content (AvgIpc) is 2.59. The third-order valence-corrected chi connectivity index (χ3v) is 2.45. The van der Waals surface area contributed by atoms with E-state index in [1.54, 1.807) is 10.9 Å². The highest BCUT2D eigenvalue weighted by atomic mass is 16.1. The molecule has 0 aliphatic carbocycles.